The molecule has 1 aliphatic rings. The summed E-state index contributed by atoms with van der Waals surface area (Å²) in [4.78, 5) is 19.8. The monoisotopic (exact) mass is 397 g/mol. The summed E-state index contributed by atoms with van der Waals surface area (Å²) in [6, 6.07) is 13.3. The van der Waals surface area contributed by atoms with E-state index in [0.717, 1.165) is 34.5 Å². The standard InChI is InChI=1S/C21H23N3O3S/c1-26-15-11-14(12-16(13-15)27-2)22-21(25)24-10-6-5-8-18(24)20-23-17-7-3-4-9-19(17)28-20/h3-4,7,9,11-13,18H,5-6,8,10H2,1-2H3,(H,22,25)/t18-/m0/s1. The number of nitrogens with one attached hydrogen (secondary N) is 1. The SMILES string of the molecule is COc1cc(NC(=O)N2CCCC[C@H]2c2nc3ccccc3s2)cc(OC)c1. The molecule has 1 aliphatic heterocycles. The van der Waals surface area contributed by atoms with Gasteiger partial charge in [-0.1, -0.05) is 12.1 Å². The molecular weight excluding hydrogens is 374 g/mol. The summed E-state index contributed by atoms with van der Waals surface area (Å²) in [6.07, 6.45) is 3.02. The Kier molecular flexibility index (Phi) is 5.34. The summed E-state index contributed by atoms with van der Waals surface area (Å²) in [5.74, 6) is 1.27. The van der Waals surface area contributed by atoms with E-state index in [0.29, 0.717) is 23.7 Å². The van der Waals surface area contributed by atoms with Gasteiger partial charge in [-0.05, 0) is 31.4 Å². The smallest absolute Gasteiger partial charge is 0.322 e. The second kappa shape index (κ2) is 8.06. The van der Waals surface area contributed by atoms with Crippen molar-refractivity contribution in [2.24, 2.45) is 0 Å². The van der Waals surface area contributed by atoms with Gasteiger partial charge in [-0.25, -0.2) is 9.78 Å². The van der Waals surface area contributed by atoms with Crippen LogP contribution in [0, 0.1) is 0 Å². The van der Waals surface area contributed by atoms with E-state index < -0.39 is 0 Å². The molecule has 0 spiro atoms. The topological polar surface area (TPSA) is 63.7 Å². The fourth-order valence-electron chi connectivity index (χ4n) is 3.54. The molecule has 2 aromatic carbocycles. The molecule has 0 saturated carbocycles. The number of likely N-dealkylation sites (tertiary alicyclic amines) is 1. The third-order valence-electron chi connectivity index (χ3n) is 4.96. The zero-order valence-corrected chi connectivity index (χ0v) is 16.8. The number of urea groups is 1. The number of thiazole rings is 1. The zero-order chi connectivity index (χ0) is 19.5. The molecule has 4 rings (SSSR count). The first kappa shape index (κ1) is 18.6. The van der Waals surface area contributed by atoms with Crippen LogP contribution >= 0.6 is 11.3 Å². The number of ether oxygens (including phenoxy) is 2. The van der Waals surface area contributed by atoms with Crippen molar-refractivity contribution >= 4 is 33.3 Å². The number of aromatic nitrogens is 1. The summed E-state index contributed by atoms with van der Waals surface area (Å²) in [5, 5.41) is 4.00. The van der Waals surface area contributed by atoms with Crippen LogP contribution in [0.15, 0.2) is 42.5 Å². The predicted molar refractivity (Wildman–Crippen MR) is 111 cm³/mol. The van der Waals surface area contributed by atoms with E-state index in [9.17, 15) is 4.79 Å². The largest absolute Gasteiger partial charge is 0.497 e. The maximum Gasteiger partial charge on any atom is 0.322 e. The molecule has 0 radical (unpaired) electrons. The van der Waals surface area contributed by atoms with Crippen LogP contribution < -0.4 is 14.8 Å². The number of piperidine rings is 1. The number of methoxy groups -OCH3 is 2. The van der Waals surface area contributed by atoms with Gasteiger partial charge in [-0.2, -0.15) is 0 Å². The van der Waals surface area contributed by atoms with Gasteiger partial charge in [0.2, 0.25) is 0 Å². The van der Waals surface area contributed by atoms with E-state index in [2.05, 4.69) is 11.4 Å². The molecule has 1 fully saturated rings. The molecule has 7 heteroatoms. The van der Waals surface area contributed by atoms with E-state index in [1.54, 1.807) is 43.8 Å². The van der Waals surface area contributed by atoms with Crippen LogP contribution in [-0.4, -0.2) is 36.7 Å². The lowest BCUT2D eigenvalue weighted by molar-refractivity contribution is 0.163. The molecule has 1 atom stereocenters. The average Bonchev–Trinajstić information content (AvgIpc) is 3.17. The van der Waals surface area contributed by atoms with Crippen LogP contribution in [-0.2, 0) is 0 Å². The minimum Gasteiger partial charge on any atom is -0.497 e. The lowest BCUT2D eigenvalue weighted by atomic mass is 10.0. The molecule has 0 aliphatic carbocycles. The Hall–Kier alpha value is -2.80. The number of fused-ring (bicyclic) bond motifs is 1. The highest BCUT2D eigenvalue weighted by Crippen LogP contribution is 2.36. The quantitative estimate of drug-likeness (QED) is 0.667. The third kappa shape index (κ3) is 3.75. The molecule has 0 bridgehead atoms. The molecular formula is C21H23N3O3S. The van der Waals surface area contributed by atoms with Crippen molar-refractivity contribution in [1.82, 2.24) is 9.88 Å². The van der Waals surface area contributed by atoms with Gasteiger partial charge in [0.15, 0.2) is 0 Å². The summed E-state index contributed by atoms with van der Waals surface area (Å²) >= 11 is 1.67. The number of hydrogen-bond donors (Lipinski definition) is 1. The summed E-state index contributed by atoms with van der Waals surface area (Å²) in [7, 11) is 3.18. The number of anilines is 1. The minimum atomic E-state index is -0.126. The molecule has 2 amide bonds. The average molecular weight is 398 g/mol. The number of benzene rings is 2. The Balaban J connectivity index is 1.58. The van der Waals surface area contributed by atoms with E-state index in [1.807, 2.05) is 23.1 Å². The van der Waals surface area contributed by atoms with Gasteiger partial charge in [0.25, 0.3) is 0 Å². The van der Waals surface area contributed by atoms with Gasteiger partial charge in [0.1, 0.15) is 16.5 Å². The first-order valence-corrected chi connectivity index (χ1v) is 10.2. The number of hydrogen-bond acceptors (Lipinski definition) is 5. The van der Waals surface area contributed by atoms with Crippen LogP contribution in [0.5, 0.6) is 11.5 Å². The Morgan fingerprint density at radius 3 is 2.61 bits per heavy atom. The Labute approximate surface area is 168 Å². The van der Waals surface area contributed by atoms with Crippen LogP contribution in [0.25, 0.3) is 10.2 Å². The van der Waals surface area contributed by atoms with Crippen molar-refractivity contribution in [1.29, 1.82) is 0 Å². The Bertz CT molecular complexity index is 933. The van der Waals surface area contributed by atoms with E-state index >= 15 is 0 Å². The molecule has 1 saturated heterocycles. The second-order valence-electron chi connectivity index (χ2n) is 6.76. The van der Waals surface area contributed by atoms with Crippen molar-refractivity contribution in [3.8, 4) is 11.5 Å². The summed E-state index contributed by atoms with van der Waals surface area (Å²) in [5.41, 5.74) is 1.64. The first-order valence-electron chi connectivity index (χ1n) is 9.34. The Morgan fingerprint density at radius 2 is 1.89 bits per heavy atom. The van der Waals surface area contributed by atoms with E-state index in [4.69, 9.17) is 14.5 Å². The molecule has 0 unspecified atom stereocenters. The van der Waals surface area contributed by atoms with Crippen LogP contribution in [0.3, 0.4) is 0 Å². The van der Waals surface area contributed by atoms with Gasteiger partial charge in [0, 0.05) is 30.4 Å². The number of carbonyl (C=O) groups excluding carboxylic acids is 1. The lowest BCUT2D eigenvalue weighted by Crippen LogP contribution is -2.41. The molecule has 28 heavy (non-hydrogen) atoms. The van der Waals surface area contributed by atoms with Crippen molar-refractivity contribution in [2.45, 2.75) is 25.3 Å². The number of amides is 2. The van der Waals surface area contributed by atoms with Crippen molar-refractivity contribution in [2.75, 3.05) is 26.1 Å². The maximum absolute atomic E-state index is 13.1. The lowest BCUT2D eigenvalue weighted by Gasteiger charge is -2.34. The number of rotatable bonds is 4. The van der Waals surface area contributed by atoms with E-state index in [-0.39, 0.29) is 12.1 Å². The molecule has 6 nitrogen and oxygen atoms in total. The summed E-state index contributed by atoms with van der Waals surface area (Å²) in [6.45, 7) is 0.716. The van der Waals surface area contributed by atoms with Gasteiger partial charge in [-0.15, -0.1) is 11.3 Å². The van der Waals surface area contributed by atoms with Crippen LogP contribution in [0.1, 0.15) is 30.3 Å². The predicted octanol–water partition coefficient (Wildman–Crippen LogP) is 5.07. The fourth-order valence-corrected chi connectivity index (χ4v) is 4.65. The second-order valence-corrected chi connectivity index (χ2v) is 7.82. The highest BCUT2D eigenvalue weighted by molar-refractivity contribution is 7.18. The van der Waals surface area contributed by atoms with Crippen LogP contribution in [0.2, 0.25) is 0 Å². The maximum atomic E-state index is 13.1. The zero-order valence-electron chi connectivity index (χ0n) is 16.0. The normalized spacial score (nSPS) is 16.8. The molecule has 2 heterocycles. The van der Waals surface area contributed by atoms with Crippen molar-refractivity contribution in [3.63, 3.8) is 0 Å². The summed E-state index contributed by atoms with van der Waals surface area (Å²) < 4.78 is 11.7. The highest BCUT2D eigenvalue weighted by Gasteiger charge is 2.30. The molecule has 1 aromatic heterocycles. The number of para-hydroxylation sites is 1. The number of carbonyl (C=O) groups is 1. The third-order valence-corrected chi connectivity index (χ3v) is 6.10. The van der Waals surface area contributed by atoms with Crippen molar-refractivity contribution < 1.29 is 14.3 Å². The highest BCUT2D eigenvalue weighted by atomic mass is 32.1. The Morgan fingerprint density at radius 1 is 1.14 bits per heavy atom. The molecule has 146 valence electrons. The van der Waals surface area contributed by atoms with E-state index in [1.165, 1.54) is 0 Å². The first-order chi connectivity index (χ1) is 13.7. The van der Waals surface area contributed by atoms with Gasteiger partial charge >= 0.3 is 6.03 Å². The molecule has 1 N–H and O–H groups in total. The van der Waals surface area contributed by atoms with Gasteiger partial charge in [-0.3, -0.25) is 0 Å². The van der Waals surface area contributed by atoms with Gasteiger partial charge in [0.05, 0.1) is 30.5 Å². The number of nitrogens with zero attached hydrogens (tertiary/aromatic N) is 2. The van der Waals surface area contributed by atoms with Gasteiger partial charge < -0.3 is 19.7 Å². The van der Waals surface area contributed by atoms with Crippen LogP contribution in [0.4, 0.5) is 10.5 Å². The minimum absolute atomic E-state index is 0.00125. The van der Waals surface area contributed by atoms with Crippen molar-refractivity contribution in [3.05, 3.63) is 47.5 Å². The molecule has 3 aromatic rings. The fraction of sp³-hybridized carbons (Fsp3) is 0.333.